The Morgan fingerprint density at radius 1 is 1.13 bits per heavy atom. The van der Waals surface area contributed by atoms with E-state index in [9.17, 15) is 26.7 Å². The molecule has 0 atom stereocenters. The van der Waals surface area contributed by atoms with Crippen molar-refractivity contribution in [2.24, 2.45) is 0 Å². The lowest BCUT2D eigenvalue weighted by atomic mass is 10.1. The van der Waals surface area contributed by atoms with Crippen molar-refractivity contribution in [2.75, 3.05) is 5.32 Å². The zero-order valence-corrected chi connectivity index (χ0v) is 16.5. The Labute approximate surface area is 174 Å². The maximum absolute atomic E-state index is 12.9. The molecule has 1 aromatic heterocycles. The predicted octanol–water partition coefficient (Wildman–Crippen LogP) is 5.42. The maximum atomic E-state index is 12.9. The van der Waals surface area contributed by atoms with E-state index in [1.54, 1.807) is 19.9 Å². The SMILES string of the molecule is Cc1nn(Cc2cccc(C(F)(F)F)c2)c(C)c1NC(=O)c1cccc(OC(F)F)c1. The third-order valence-corrected chi connectivity index (χ3v) is 4.53. The van der Waals surface area contributed by atoms with Gasteiger partial charge in [0.05, 0.1) is 29.2 Å². The molecule has 0 saturated carbocycles. The number of halogens is 5. The third-order valence-electron chi connectivity index (χ3n) is 4.53. The standard InChI is InChI=1S/C21H18F5N3O2/c1-12-18(27-19(30)15-6-4-8-17(10-15)31-20(22)23)13(2)29(28-12)11-14-5-3-7-16(9-14)21(24,25)26/h3-10,20H,11H2,1-2H3,(H,27,30). The molecule has 0 spiro atoms. The second kappa shape index (κ2) is 8.75. The maximum Gasteiger partial charge on any atom is 0.416 e. The van der Waals surface area contributed by atoms with Crippen molar-refractivity contribution in [3.05, 3.63) is 76.6 Å². The van der Waals surface area contributed by atoms with Crippen LogP contribution in [0.5, 0.6) is 5.75 Å². The molecule has 164 valence electrons. The van der Waals surface area contributed by atoms with Crippen LogP contribution in [0.2, 0.25) is 0 Å². The number of hydrogen-bond donors (Lipinski definition) is 1. The van der Waals surface area contributed by atoms with E-state index in [1.165, 1.54) is 35.0 Å². The van der Waals surface area contributed by atoms with Crippen LogP contribution in [0.1, 0.15) is 32.9 Å². The Morgan fingerprint density at radius 2 is 1.84 bits per heavy atom. The van der Waals surface area contributed by atoms with Crippen LogP contribution in [0.15, 0.2) is 48.5 Å². The number of rotatable bonds is 6. The molecule has 10 heteroatoms. The number of nitrogens with zero attached hydrogens (tertiary/aromatic N) is 2. The first-order chi connectivity index (χ1) is 14.5. The Balaban J connectivity index is 1.80. The van der Waals surface area contributed by atoms with E-state index in [4.69, 9.17) is 0 Å². The number of hydrogen-bond acceptors (Lipinski definition) is 3. The molecule has 5 nitrogen and oxygen atoms in total. The van der Waals surface area contributed by atoms with Crippen molar-refractivity contribution in [1.29, 1.82) is 0 Å². The molecule has 0 radical (unpaired) electrons. The van der Waals surface area contributed by atoms with E-state index >= 15 is 0 Å². The summed E-state index contributed by atoms with van der Waals surface area (Å²) in [7, 11) is 0. The average Bonchev–Trinajstić information content (AvgIpc) is 2.94. The van der Waals surface area contributed by atoms with Gasteiger partial charge in [0.2, 0.25) is 0 Å². The minimum Gasteiger partial charge on any atom is -0.435 e. The molecule has 0 aliphatic carbocycles. The van der Waals surface area contributed by atoms with Crippen molar-refractivity contribution < 1.29 is 31.5 Å². The smallest absolute Gasteiger partial charge is 0.416 e. The normalized spacial score (nSPS) is 11.6. The van der Waals surface area contributed by atoms with Gasteiger partial charge < -0.3 is 10.1 Å². The lowest BCUT2D eigenvalue weighted by Crippen LogP contribution is -2.14. The quantitative estimate of drug-likeness (QED) is 0.522. The lowest BCUT2D eigenvalue weighted by Gasteiger charge is -2.10. The Bertz CT molecular complexity index is 1090. The molecule has 0 aliphatic heterocycles. The largest absolute Gasteiger partial charge is 0.435 e. The second-order valence-corrected chi connectivity index (χ2v) is 6.76. The van der Waals surface area contributed by atoms with Gasteiger partial charge in [-0.25, -0.2) is 0 Å². The van der Waals surface area contributed by atoms with Crippen LogP contribution < -0.4 is 10.1 Å². The fraction of sp³-hybridized carbons (Fsp3) is 0.238. The molecule has 0 fully saturated rings. The van der Waals surface area contributed by atoms with E-state index in [0.717, 1.165) is 12.1 Å². The topological polar surface area (TPSA) is 56.2 Å². The van der Waals surface area contributed by atoms with Crippen molar-refractivity contribution in [1.82, 2.24) is 9.78 Å². The Morgan fingerprint density at radius 3 is 2.52 bits per heavy atom. The van der Waals surface area contributed by atoms with Gasteiger partial charge in [-0.15, -0.1) is 0 Å². The van der Waals surface area contributed by atoms with Crippen LogP contribution in [0.3, 0.4) is 0 Å². The number of benzene rings is 2. The zero-order valence-electron chi connectivity index (χ0n) is 16.5. The van der Waals surface area contributed by atoms with E-state index in [-0.39, 0.29) is 17.9 Å². The first kappa shape index (κ1) is 22.3. The van der Waals surface area contributed by atoms with E-state index in [2.05, 4.69) is 15.2 Å². The van der Waals surface area contributed by atoms with E-state index < -0.39 is 24.3 Å². The van der Waals surface area contributed by atoms with Crippen LogP contribution in [0.4, 0.5) is 27.6 Å². The molecular formula is C21H18F5N3O2. The van der Waals surface area contributed by atoms with Crippen LogP contribution in [-0.4, -0.2) is 22.3 Å². The number of carbonyl (C=O) groups excluding carboxylic acids is 1. The van der Waals surface area contributed by atoms with Crippen molar-refractivity contribution >= 4 is 11.6 Å². The van der Waals surface area contributed by atoms with Gasteiger partial charge in [-0.1, -0.05) is 18.2 Å². The van der Waals surface area contributed by atoms with Gasteiger partial charge >= 0.3 is 12.8 Å². The van der Waals surface area contributed by atoms with Gasteiger partial charge in [-0.05, 0) is 49.7 Å². The van der Waals surface area contributed by atoms with Gasteiger partial charge in [0.15, 0.2) is 0 Å². The highest BCUT2D eigenvalue weighted by Gasteiger charge is 2.30. The first-order valence-corrected chi connectivity index (χ1v) is 9.11. The molecule has 31 heavy (non-hydrogen) atoms. The zero-order chi connectivity index (χ0) is 22.8. The highest BCUT2D eigenvalue weighted by molar-refractivity contribution is 6.05. The number of carbonyl (C=O) groups is 1. The molecule has 0 saturated heterocycles. The summed E-state index contributed by atoms with van der Waals surface area (Å²) in [6.07, 6.45) is -4.45. The van der Waals surface area contributed by atoms with Gasteiger partial charge in [0.1, 0.15) is 5.75 Å². The summed E-state index contributed by atoms with van der Waals surface area (Å²) in [6, 6.07) is 10.2. The van der Waals surface area contributed by atoms with Crippen molar-refractivity contribution in [3.8, 4) is 5.75 Å². The Kier molecular flexibility index (Phi) is 6.28. The highest BCUT2D eigenvalue weighted by Crippen LogP contribution is 2.30. The lowest BCUT2D eigenvalue weighted by molar-refractivity contribution is -0.137. The predicted molar refractivity (Wildman–Crippen MR) is 103 cm³/mol. The number of aromatic nitrogens is 2. The monoisotopic (exact) mass is 439 g/mol. The molecule has 0 unspecified atom stereocenters. The molecule has 2 aromatic carbocycles. The van der Waals surface area contributed by atoms with E-state index in [1.807, 2.05) is 0 Å². The number of aryl methyl sites for hydroxylation is 1. The number of ether oxygens (including phenoxy) is 1. The average molecular weight is 439 g/mol. The van der Waals surface area contributed by atoms with Crippen molar-refractivity contribution in [3.63, 3.8) is 0 Å². The fourth-order valence-electron chi connectivity index (χ4n) is 3.05. The van der Waals surface area contributed by atoms with Crippen LogP contribution in [-0.2, 0) is 12.7 Å². The summed E-state index contributed by atoms with van der Waals surface area (Å²) in [5, 5.41) is 6.97. The summed E-state index contributed by atoms with van der Waals surface area (Å²) in [5.41, 5.74) is 1.11. The second-order valence-electron chi connectivity index (χ2n) is 6.76. The van der Waals surface area contributed by atoms with Crippen LogP contribution in [0.25, 0.3) is 0 Å². The minimum absolute atomic E-state index is 0.0736. The minimum atomic E-state index is -4.45. The molecule has 3 aromatic rings. The summed E-state index contributed by atoms with van der Waals surface area (Å²) >= 11 is 0. The molecule has 0 bridgehead atoms. The molecule has 1 amide bonds. The van der Waals surface area contributed by atoms with Gasteiger partial charge in [0, 0.05) is 5.56 Å². The molecular weight excluding hydrogens is 421 g/mol. The number of alkyl halides is 5. The Hall–Kier alpha value is -3.43. The number of nitrogens with one attached hydrogen (secondary N) is 1. The molecule has 3 rings (SSSR count). The van der Waals surface area contributed by atoms with Gasteiger partial charge in [-0.3, -0.25) is 9.48 Å². The fourth-order valence-corrected chi connectivity index (χ4v) is 3.05. The summed E-state index contributed by atoms with van der Waals surface area (Å²) < 4.78 is 69.4. The summed E-state index contributed by atoms with van der Waals surface area (Å²) in [5.74, 6) is -0.721. The molecule has 1 N–H and O–H groups in total. The van der Waals surface area contributed by atoms with Crippen LogP contribution in [0, 0.1) is 13.8 Å². The first-order valence-electron chi connectivity index (χ1n) is 9.11. The third kappa shape index (κ3) is 5.39. The number of anilines is 1. The highest BCUT2D eigenvalue weighted by atomic mass is 19.4. The molecule has 1 heterocycles. The van der Waals surface area contributed by atoms with E-state index in [0.29, 0.717) is 22.6 Å². The number of amides is 1. The summed E-state index contributed by atoms with van der Waals surface area (Å²) in [6.45, 7) is 0.363. The summed E-state index contributed by atoms with van der Waals surface area (Å²) in [4.78, 5) is 12.6. The van der Waals surface area contributed by atoms with Gasteiger partial charge in [0.25, 0.3) is 5.91 Å². The van der Waals surface area contributed by atoms with Crippen molar-refractivity contribution in [2.45, 2.75) is 33.2 Å². The molecule has 0 aliphatic rings. The van der Waals surface area contributed by atoms with Crippen LogP contribution >= 0.6 is 0 Å². The van der Waals surface area contributed by atoms with Gasteiger partial charge in [-0.2, -0.15) is 27.1 Å².